The average Bonchev–Trinajstić information content (AvgIpc) is 3.63. The van der Waals surface area contributed by atoms with Crippen molar-refractivity contribution in [2.45, 2.75) is 107 Å². The van der Waals surface area contributed by atoms with Crippen LogP contribution in [0.3, 0.4) is 0 Å². The van der Waals surface area contributed by atoms with Gasteiger partial charge in [0.2, 0.25) is 5.60 Å². The second-order valence-corrected chi connectivity index (χ2v) is 26.1. The number of thiophene rings is 2. The van der Waals surface area contributed by atoms with Crippen LogP contribution in [0.25, 0.3) is 10.9 Å². The second kappa shape index (κ2) is 26.6. The van der Waals surface area contributed by atoms with E-state index < -0.39 is 41.3 Å². The zero-order valence-corrected chi connectivity index (χ0v) is 48.8. The van der Waals surface area contributed by atoms with E-state index >= 15 is 0 Å². The van der Waals surface area contributed by atoms with E-state index in [2.05, 4.69) is 143 Å². The Labute approximate surface area is 471 Å². The lowest BCUT2D eigenvalue weighted by atomic mass is 9.72. The number of epoxide rings is 1. The maximum atomic E-state index is 13.1. The standard InChI is InChI=1S/C19H26N2S.C19H22NO4S2.C2Cl2F4.CCl3F.CCl2F2.CH4O3S.BrH/c1-3-7-21-11-13(12-22-2)8-16-15-5-4-6-17-19(15)14(10-20-17)9-18(16)21;1-20(2)12-9-11(10-13(20)17-16(12)24-17)23-18(21)19(22,14-5-3-7-25-14)15-6-4-8-26-15;3-1(5,6)2(4,7)8;2*2-1(3,4)5;1-5(2,3)4;/h4-6,10,13,16,18,20H,3,7-9,11-12H2,1-2H3;3-8,11-13,16-17,22H,9-10H2,1-2H3;;;;1H3,(H,2,3,4);1H/q;+1;;;;;/p-1/t13-,16-,18-;11?,12-,13+,16-,17+;;;;;/m1....../s1. The van der Waals surface area contributed by atoms with Crippen molar-refractivity contribution in [1.82, 2.24) is 9.88 Å². The summed E-state index contributed by atoms with van der Waals surface area (Å²) in [5.74, 6) is 2.32. The number of likely N-dealkylation sites (N-methyl/N-ethyl adjacent to an activating group) is 1. The summed E-state index contributed by atoms with van der Waals surface area (Å²) in [6, 6.07) is 15.6. The van der Waals surface area contributed by atoms with Crippen LogP contribution in [0.15, 0.2) is 59.4 Å². The minimum Gasteiger partial charge on any atom is -1.00 e. The maximum Gasteiger partial charge on any atom is 0.401 e. The molecule has 10 nitrogen and oxygen atoms in total. The third kappa shape index (κ3) is 19.0. The highest BCUT2D eigenvalue weighted by molar-refractivity contribution is 7.98. The molecule has 0 radical (unpaired) electrons. The van der Waals surface area contributed by atoms with Gasteiger partial charge in [-0.05, 0) is 165 Å². The van der Waals surface area contributed by atoms with Crippen LogP contribution in [0.4, 0.5) is 30.7 Å². The Kier molecular flexibility index (Phi) is 24.4. The van der Waals surface area contributed by atoms with Crippen molar-refractivity contribution in [2.75, 3.05) is 45.4 Å². The monoisotopic (exact) mass is 1310 g/mol. The number of H-pyrrole nitrogens is 1. The molecular formula is C43H52BrCl7F7N3O7S4. The van der Waals surface area contributed by atoms with Gasteiger partial charge in [0.25, 0.3) is 10.1 Å². The van der Waals surface area contributed by atoms with Crippen molar-refractivity contribution in [3.05, 3.63) is 80.3 Å². The fourth-order valence-electron chi connectivity index (χ4n) is 9.63. The highest BCUT2D eigenvalue weighted by atomic mass is 79.9. The molecule has 1 aliphatic carbocycles. The summed E-state index contributed by atoms with van der Waals surface area (Å²) >= 11 is 33.5. The molecule has 9 rings (SSSR count). The van der Waals surface area contributed by atoms with E-state index in [1.54, 1.807) is 17.7 Å². The lowest BCUT2D eigenvalue weighted by Gasteiger charge is -2.47. The summed E-state index contributed by atoms with van der Waals surface area (Å²) in [7, 11) is 0.826. The molecule has 4 fully saturated rings. The van der Waals surface area contributed by atoms with Crippen LogP contribution in [-0.4, -0.2) is 140 Å². The number of alkyl halides is 14. The number of quaternary nitrogens is 1. The summed E-state index contributed by atoms with van der Waals surface area (Å²) in [6.07, 6.45) is 11.1. The molecule has 2 bridgehead atoms. The molecule has 0 spiro atoms. The van der Waals surface area contributed by atoms with Gasteiger partial charge in [-0.1, -0.05) is 31.2 Å². The topological polar surface area (TPSA) is 132 Å². The van der Waals surface area contributed by atoms with Gasteiger partial charge in [0, 0.05) is 48.4 Å². The van der Waals surface area contributed by atoms with Crippen LogP contribution in [0.5, 0.6) is 0 Å². The Hall–Kier alpha value is -0.250. The molecule has 3 aromatic heterocycles. The number of piperidine rings is 2. The molecule has 3 N–H and O–H groups in total. The van der Waals surface area contributed by atoms with Crippen LogP contribution in [0, 0.1) is 5.92 Å². The number of aromatic nitrogens is 1. The van der Waals surface area contributed by atoms with Crippen molar-refractivity contribution in [3.63, 3.8) is 0 Å². The first-order valence-electron chi connectivity index (χ1n) is 21.4. The van der Waals surface area contributed by atoms with Crippen molar-refractivity contribution < 1.29 is 84.5 Å². The molecule has 1 unspecified atom stereocenters. The number of halogens is 15. The van der Waals surface area contributed by atoms with Crippen molar-refractivity contribution in [1.29, 1.82) is 0 Å². The summed E-state index contributed by atoms with van der Waals surface area (Å²) in [6.45, 7) is 4.87. The molecule has 410 valence electrons. The van der Waals surface area contributed by atoms with Crippen molar-refractivity contribution in [2.24, 2.45) is 5.92 Å². The van der Waals surface area contributed by atoms with Gasteiger partial charge in [-0.25, -0.2) is 4.79 Å². The predicted molar refractivity (Wildman–Crippen MR) is 273 cm³/mol. The first-order chi connectivity index (χ1) is 32.5. The van der Waals surface area contributed by atoms with E-state index in [1.807, 2.05) is 34.7 Å². The molecule has 0 amide bonds. The average molecular weight is 1310 g/mol. The van der Waals surface area contributed by atoms with E-state index in [1.165, 1.54) is 77.2 Å². The third-order valence-corrected chi connectivity index (χ3v) is 15.6. The number of carbonyl (C=O) groups is 1. The largest absolute Gasteiger partial charge is 1.00 e. The Balaban J connectivity index is 0.000000267. The Bertz CT molecular complexity index is 2340. The molecule has 29 heteroatoms. The Morgan fingerprint density at radius 3 is 1.81 bits per heavy atom. The molecule has 72 heavy (non-hydrogen) atoms. The second-order valence-electron chi connectivity index (χ2n) is 17.6. The van der Waals surface area contributed by atoms with E-state index in [-0.39, 0.29) is 23.1 Å². The molecule has 4 saturated heterocycles. The number of benzene rings is 1. The van der Waals surface area contributed by atoms with Gasteiger partial charge >= 0.3 is 25.6 Å². The fourth-order valence-corrected chi connectivity index (χ4v) is 12.1. The molecule has 7 heterocycles. The van der Waals surface area contributed by atoms with Crippen molar-refractivity contribution in [3.8, 4) is 0 Å². The number of hydrogen-bond acceptors (Lipinski definition) is 10. The zero-order valence-electron chi connectivity index (χ0n) is 38.7. The molecule has 4 aromatic rings. The van der Waals surface area contributed by atoms with Crippen LogP contribution in [-0.2, 0) is 36.4 Å². The van der Waals surface area contributed by atoms with Crippen LogP contribution in [0.1, 0.15) is 59.4 Å². The molecule has 1 aromatic carbocycles. The number of nitrogens with zero attached hydrogens (tertiary/aromatic N) is 2. The highest BCUT2D eigenvalue weighted by Crippen LogP contribution is 2.52. The number of thioether (sulfide) groups is 1. The van der Waals surface area contributed by atoms with Crippen LogP contribution < -0.4 is 17.0 Å². The molecule has 8 atom stereocenters. The number of esters is 1. The smallest absolute Gasteiger partial charge is 0.401 e. The summed E-state index contributed by atoms with van der Waals surface area (Å²) in [5, 5.41) is 7.31. The number of nitrogens with one attached hydrogen (secondary N) is 1. The number of aliphatic hydroxyl groups is 1. The number of rotatable bonds is 9. The zero-order chi connectivity index (χ0) is 53.7. The van der Waals surface area contributed by atoms with E-state index in [0.717, 1.165) is 29.2 Å². The normalized spacial score (nSPS) is 25.0. The number of hydrogen-bond donors (Lipinski definition) is 3. The van der Waals surface area contributed by atoms with Crippen LogP contribution >= 0.6 is 116 Å². The lowest BCUT2D eigenvalue weighted by molar-refractivity contribution is -0.938. The van der Waals surface area contributed by atoms with Gasteiger partial charge in [-0.3, -0.25) is 9.45 Å². The molecule has 5 aliphatic rings. The highest BCUT2D eigenvalue weighted by Gasteiger charge is 2.71. The van der Waals surface area contributed by atoms with Gasteiger partial charge < -0.3 is 41.0 Å². The SMILES string of the molecule is CCCN1C[C@H](CSC)C[C@@H]2c3cccc4[nH]cc(c34)C[C@H]21.CS(=O)(=O)O.C[N+]1(C)[C@@H]2CC(OC(=O)C(O)(c3cccs3)c3cccs3)C[C@H]1[C@@H]1O[C@@H]12.FC(Cl)(Cl)Cl.FC(F)(Cl)C(F)(F)Cl.FC(F)(Cl)Cl.[Br-]. The maximum absolute atomic E-state index is 13.1. The number of carbonyl (C=O) groups excluding carboxylic acids is 1. The Morgan fingerprint density at radius 2 is 1.39 bits per heavy atom. The van der Waals surface area contributed by atoms with Gasteiger partial charge in [0.15, 0.2) is 0 Å². The molecule has 4 aliphatic heterocycles. The van der Waals surface area contributed by atoms with Gasteiger partial charge in [-0.15, -0.1) is 22.7 Å². The van der Waals surface area contributed by atoms with E-state index in [0.29, 0.717) is 46.3 Å². The van der Waals surface area contributed by atoms with Gasteiger partial charge in [-0.2, -0.15) is 50.9 Å². The number of fused-ring (bicyclic) bond motifs is 7. The Morgan fingerprint density at radius 1 is 0.903 bits per heavy atom. The molecular weight excluding hydrogens is 1260 g/mol. The summed E-state index contributed by atoms with van der Waals surface area (Å²) < 4.78 is 112. The lowest BCUT2D eigenvalue weighted by Crippen LogP contribution is -3.00. The third-order valence-electron chi connectivity index (χ3n) is 12.3. The van der Waals surface area contributed by atoms with E-state index in [4.69, 9.17) is 14.0 Å². The first kappa shape index (κ1) is 66.0. The van der Waals surface area contributed by atoms with Gasteiger partial charge in [0.05, 0.1) is 30.1 Å². The van der Waals surface area contributed by atoms with Gasteiger partial charge in [0.1, 0.15) is 30.4 Å². The summed E-state index contributed by atoms with van der Waals surface area (Å²) in [4.78, 5) is 17.1. The minimum atomic E-state index is -4.66. The predicted octanol–water partition coefficient (Wildman–Crippen LogP) is 10.1. The first-order valence-corrected chi connectivity index (χ1v) is 29.0. The van der Waals surface area contributed by atoms with Crippen LogP contribution in [0.2, 0.25) is 0 Å². The van der Waals surface area contributed by atoms with E-state index in [9.17, 15) is 49.1 Å². The quantitative estimate of drug-likeness (QED) is 0.0374. The summed E-state index contributed by atoms with van der Waals surface area (Å²) in [5.41, 5.74) is 2.76. The number of morpholine rings is 1. The number of ether oxygens (including phenoxy) is 2. The minimum absolute atomic E-state index is 0. The fraction of sp³-hybridized carbons (Fsp3) is 0.605. The number of aromatic amines is 1. The number of likely N-dealkylation sites (tertiary alicyclic amines) is 1. The molecule has 0 saturated carbocycles. The van der Waals surface area contributed by atoms with Crippen molar-refractivity contribution >= 4 is 143 Å².